The third-order valence-corrected chi connectivity index (χ3v) is 3.93. The van der Waals surface area contributed by atoms with Crippen molar-refractivity contribution < 1.29 is 17.2 Å². The van der Waals surface area contributed by atoms with Gasteiger partial charge in [-0.1, -0.05) is 0 Å². The highest BCUT2D eigenvalue weighted by Crippen LogP contribution is 2.20. The molecule has 2 rings (SSSR count). The molecule has 0 aliphatic heterocycles. The van der Waals surface area contributed by atoms with Crippen LogP contribution in [0.25, 0.3) is 0 Å². The van der Waals surface area contributed by atoms with Crippen LogP contribution < -0.4 is 5.32 Å². The first-order chi connectivity index (χ1) is 9.50. The average molecular weight is 299 g/mol. The molecule has 0 fully saturated rings. The van der Waals surface area contributed by atoms with Crippen LogP contribution in [0.1, 0.15) is 5.56 Å². The predicted octanol–water partition coefficient (Wildman–Crippen LogP) is 2.08. The molecule has 0 saturated carbocycles. The van der Waals surface area contributed by atoms with E-state index in [1.54, 1.807) is 12.4 Å². The van der Waals surface area contributed by atoms with E-state index in [0.29, 0.717) is 12.2 Å². The maximum atomic E-state index is 12.4. The predicted molar refractivity (Wildman–Crippen MR) is 69.0 cm³/mol. The van der Waals surface area contributed by atoms with E-state index in [1.165, 1.54) is 18.5 Å². The van der Waals surface area contributed by atoms with Crippen molar-refractivity contribution in [1.82, 2.24) is 9.97 Å². The van der Waals surface area contributed by atoms with E-state index in [9.17, 15) is 17.2 Å². The van der Waals surface area contributed by atoms with Crippen molar-refractivity contribution in [2.24, 2.45) is 0 Å². The zero-order chi connectivity index (χ0) is 14.6. The summed E-state index contributed by atoms with van der Waals surface area (Å²) in [5.74, 6) is -3.41. The van der Waals surface area contributed by atoms with Crippen molar-refractivity contribution in [2.45, 2.75) is 17.2 Å². The number of rotatable bonds is 5. The molecule has 1 N–H and O–H groups in total. The lowest BCUT2D eigenvalue weighted by molar-refractivity contribution is 0.234. The molecule has 0 spiro atoms. The maximum absolute atomic E-state index is 12.4. The Bertz CT molecular complexity index is 661. The van der Waals surface area contributed by atoms with Crippen LogP contribution in [0.5, 0.6) is 0 Å². The fourth-order valence-corrected chi connectivity index (χ4v) is 2.21. The fraction of sp³-hybridized carbons (Fsp3) is 0.167. The summed E-state index contributed by atoms with van der Waals surface area (Å²) in [6, 6.07) is 5.15. The fourth-order valence-electron chi connectivity index (χ4n) is 1.49. The number of anilines is 1. The molecule has 1 aromatic heterocycles. The van der Waals surface area contributed by atoms with Gasteiger partial charge in [0.2, 0.25) is 9.84 Å². The van der Waals surface area contributed by atoms with E-state index < -0.39 is 20.5 Å². The molecule has 20 heavy (non-hydrogen) atoms. The van der Waals surface area contributed by atoms with E-state index in [4.69, 9.17) is 0 Å². The van der Waals surface area contributed by atoms with Gasteiger partial charge in [-0.05, 0) is 24.3 Å². The minimum atomic E-state index is -4.54. The number of nitrogens with one attached hydrogen (secondary N) is 1. The first-order valence-corrected chi connectivity index (χ1v) is 7.14. The summed E-state index contributed by atoms with van der Waals surface area (Å²) in [6.45, 7) is 0.446. The van der Waals surface area contributed by atoms with Crippen molar-refractivity contribution in [1.29, 1.82) is 0 Å². The summed E-state index contributed by atoms with van der Waals surface area (Å²) in [6.07, 6.45) is 4.68. The molecule has 0 unspecified atom stereocenters. The molecule has 0 saturated heterocycles. The second kappa shape index (κ2) is 5.91. The molecule has 0 aliphatic rings. The third kappa shape index (κ3) is 3.27. The number of halogens is 2. The molecule has 0 atom stereocenters. The summed E-state index contributed by atoms with van der Waals surface area (Å²) in [7, 11) is -4.54. The maximum Gasteiger partial charge on any atom is 0.341 e. The molecule has 106 valence electrons. The molecule has 2 aromatic rings. The van der Waals surface area contributed by atoms with Gasteiger partial charge >= 0.3 is 5.76 Å². The molecule has 1 heterocycles. The van der Waals surface area contributed by atoms with E-state index in [2.05, 4.69) is 15.3 Å². The molecular weight excluding hydrogens is 288 g/mol. The lowest BCUT2D eigenvalue weighted by Crippen LogP contribution is -2.11. The van der Waals surface area contributed by atoms with Gasteiger partial charge in [-0.3, -0.25) is 0 Å². The number of alkyl halides is 2. The van der Waals surface area contributed by atoms with Crippen LogP contribution in [-0.2, 0) is 16.4 Å². The van der Waals surface area contributed by atoms with Crippen LogP contribution in [0.4, 0.5) is 14.5 Å². The largest absolute Gasteiger partial charge is 0.381 e. The zero-order valence-electron chi connectivity index (χ0n) is 10.2. The third-order valence-electron chi connectivity index (χ3n) is 2.53. The van der Waals surface area contributed by atoms with Crippen molar-refractivity contribution in [2.75, 3.05) is 5.32 Å². The summed E-state index contributed by atoms with van der Waals surface area (Å²) in [5.41, 5.74) is 1.46. The van der Waals surface area contributed by atoms with Gasteiger partial charge < -0.3 is 5.32 Å². The molecule has 0 bridgehead atoms. The minimum absolute atomic E-state index is 0.402. The number of hydrogen-bond acceptors (Lipinski definition) is 5. The average Bonchev–Trinajstić information content (AvgIpc) is 2.46. The number of nitrogens with zero attached hydrogens (tertiary/aromatic N) is 2. The topological polar surface area (TPSA) is 72.0 Å². The van der Waals surface area contributed by atoms with E-state index >= 15 is 0 Å². The minimum Gasteiger partial charge on any atom is -0.381 e. The second-order valence-corrected chi connectivity index (χ2v) is 5.85. The Morgan fingerprint density at radius 1 is 1.10 bits per heavy atom. The van der Waals surface area contributed by atoms with Crippen LogP contribution in [0, 0.1) is 0 Å². The van der Waals surface area contributed by atoms with Gasteiger partial charge in [0.15, 0.2) is 0 Å². The van der Waals surface area contributed by atoms with E-state index in [-0.39, 0.29) is 0 Å². The van der Waals surface area contributed by atoms with Gasteiger partial charge in [0.1, 0.15) is 6.33 Å². The highest BCUT2D eigenvalue weighted by Gasteiger charge is 2.26. The van der Waals surface area contributed by atoms with Crippen LogP contribution in [-0.4, -0.2) is 24.1 Å². The van der Waals surface area contributed by atoms with Crippen LogP contribution in [0.3, 0.4) is 0 Å². The number of aromatic nitrogens is 2. The molecule has 8 heteroatoms. The lowest BCUT2D eigenvalue weighted by atomic mass is 10.3. The van der Waals surface area contributed by atoms with Gasteiger partial charge in [0, 0.05) is 30.2 Å². The van der Waals surface area contributed by atoms with E-state index in [1.807, 2.05) is 0 Å². The van der Waals surface area contributed by atoms with Gasteiger partial charge in [0.05, 0.1) is 4.90 Å². The second-order valence-electron chi connectivity index (χ2n) is 3.93. The Labute approximate surface area is 114 Å². The Morgan fingerprint density at radius 3 is 2.25 bits per heavy atom. The number of benzene rings is 1. The summed E-state index contributed by atoms with van der Waals surface area (Å²) >= 11 is 0. The van der Waals surface area contributed by atoms with Crippen molar-refractivity contribution in [3.8, 4) is 0 Å². The SMILES string of the molecule is O=S(=O)(c1ccc(NCc2cncnc2)cc1)C(F)F. The Balaban J connectivity index is 2.06. The van der Waals surface area contributed by atoms with E-state index in [0.717, 1.165) is 17.7 Å². The first-order valence-electron chi connectivity index (χ1n) is 5.60. The van der Waals surface area contributed by atoms with Crippen molar-refractivity contribution in [3.05, 3.63) is 48.5 Å². The summed E-state index contributed by atoms with van der Waals surface area (Å²) < 4.78 is 47.2. The zero-order valence-corrected chi connectivity index (χ0v) is 11.0. The normalized spacial score (nSPS) is 11.6. The Morgan fingerprint density at radius 2 is 1.70 bits per heavy atom. The molecule has 0 amide bonds. The van der Waals surface area contributed by atoms with Crippen molar-refractivity contribution >= 4 is 15.5 Å². The Kier molecular flexibility index (Phi) is 4.23. The highest BCUT2D eigenvalue weighted by atomic mass is 32.2. The smallest absolute Gasteiger partial charge is 0.341 e. The van der Waals surface area contributed by atoms with Gasteiger partial charge in [0.25, 0.3) is 0 Å². The Hall–Kier alpha value is -2.09. The molecular formula is C12H11F2N3O2S. The van der Waals surface area contributed by atoms with Gasteiger partial charge in [-0.2, -0.15) is 8.78 Å². The molecule has 1 aromatic carbocycles. The van der Waals surface area contributed by atoms with Crippen LogP contribution in [0.15, 0.2) is 47.9 Å². The lowest BCUT2D eigenvalue weighted by Gasteiger charge is -2.07. The summed E-state index contributed by atoms with van der Waals surface area (Å²) in [5, 5.41) is 3.01. The summed E-state index contributed by atoms with van der Waals surface area (Å²) in [4.78, 5) is 7.30. The number of sulfone groups is 1. The number of hydrogen-bond donors (Lipinski definition) is 1. The van der Waals surface area contributed by atoms with Crippen molar-refractivity contribution in [3.63, 3.8) is 0 Å². The van der Waals surface area contributed by atoms with Gasteiger partial charge in [-0.15, -0.1) is 0 Å². The van der Waals surface area contributed by atoms with Crippen LogP contribution >= 0.6 is 0 Å². The molecule has 5 nitrogen and oxygen atoms in total. The monoisotopic (exact) mass is 299 g/mol. The molecule has 0 aliphatic carbocycles. The van der Waals surface area contributed by atoms with Gasteiger partial charge in [-0.25, -0.2) is 18.4 Å². The highest BCUT2D eigenvalue weighted by molar-refractivity contribution is 7.91. The van der Waals surface area contributed by atoms with Crippen LogP contribution in [0.2, 0.25) is 0 Å². The standard InChI is InChI=1S/C12H11F2N3O2S/c13-12(14)20(18,19)11-3-1-10(2-4-11)17-7-9-5-15-8-16-6-9/h1-6,8,12,17H,7H2. The first kappa shape index (κ1) is 14.3. The quantitative estimate of drug-likeness (QED) is 0.915. The molecule has 0 radical (unpaired) electrons.